The Morgan fingerprint density at radius 2 is 2.18 bits per heavy atom. The van der Waals surface area contributed by atoms with Crippen LogP contribution < -0.4 is 5.73 Å². The molecule has 0 saturated carbocycles. The molecule has 0 bridgehead atoms. The van der Waals surface area contributed by atoms with Crippen LogP contribution in [0.3, 0.4) is 0 Å². The number of esters is 2. The number of aromatic nitrogens is 4. The van der Waals surface area contributed by atoms with Gasteiger partial charge in [0.25, 0.3) is 5.67 Å². The third-order valence-corrected chi connectivity index (χ3v) is 4.29. The summed E-state index contributed by atoms with van der Waals surface area (Å²) in [5.41, 5.74) is 3.18. The zero-order chi connectivity index (χ0) is 20.6. The number of hydrogen-bond acceptors (Lipinski definition) is 9. The van der Waals surface area contributed by atoms with E-state index < -0.39 is 36.0 Å². The summed E-state index contributed by atoms with van der Waals surface area (Å²) in [6.45, 7) is 1.87. The second kappa shape index (κ2) is 7.21. The molecular weight excluding hydrogens is 397 g/mol. The number of hydrogen-bond donors (Lipinski definition) is 1. The number of nitrogens with zero attached hydrogens (tertiary/aromatic N) is 4. The summed E-state index contributed by atoms with van der Waals surface area (Å²) < 4.78 is 32.6. The molecule has 28 heavy (non-hydrogen) atoms. The summed E-state index contributed by atoms with van der Waals surface area (Å²) in [6, 6.07) is 0. The van der Waals surface area contributed by atoms with Crippen molar-refractivity contribution < 1.29 is 28.2 Å². The number of nitrogens with two attached hydrogens (primary N) is 1. The van der Waals surface area contributed by atoms with Crippen LogP contribution >= 0.6 is 11.6 Å². The monoisotopic (exact) mass is 411 g/mol. The second-order valence-corrected chi connectivity index (χ2v) is 6.33. The minimum atomic E-state index is -2.63. The number of halogens is 2. The Morgan fingerprint density at radius 1 is 1.46 bits per heavy atom. The van der Waals surface area contributed by atoms with Gasteiger partial charge in [-0.25, -0.2) is 9.37 Å². The fourth-order valence-corrected chi connectivity index (χ4v) is 3.12. The molecule has 1 fully saturated rings. The van der Waals surface area contributed by atoms with E-state index in [9.17, 15) is 9.59 Å². The largest absolute Gasteiger partial charge is 0.463 e. The molecule has 0 amide bonds. The molecule has 1 saturated heterocycles. The maximum atomic E-state index is 15.9. The minimum Gasteiger partial charge on any atom is -0.463 e. The van der Waals surface area contributed by atoms with Crippen molar-refractivity contribution in [2.75, 3.05) is 12.3 Å². The molecule has 148 valence electrons. The summed E-state index contributed by atoms with van der Waals surface area (Å²) in [4.78, 5) is 34.4. The van der Waals surface area contributed by atoms with E-state index in [4.69, 9.17) is 38.0 Å². The van der Waals surface area contributed by atoms with Gasteiger partial charge < -0.3 is 19.9 Å². The number of rotatable bonds is 4. The van der Waals surface area contributed by atoms with Gasteiger partial charge >= 0.3 is 11.9 Å². The third-order valence-electron chi connectivity index (χ3n) is 4.03. The van der Waals surface area contributed by atoms with Gasteiger partial charge in [0, 0.05) is 13.8 Å². The molecule has 0 spiro atoms. The summed E-state index contributed by atoms with van der Waals surface area (Å²) in [6.07, 6.45) is 2.39. The van der Waals surface area contributed by atoms with E-state index in [-0.39, 0.29) is 28.9 Å². The fourth-order valence-electron chi connectivity index (χ4n) is 2.90. The van der Waals surface area contributed by atoms with E-state index in [1.807, 2.05) is 5.92 Å². The van der Waals surface area contributed by atoms with Gasteiger partial charge in [-0.1, -0.05) is 17.5 Å². The Kier molecular flexibility index (Phi) is 5.10. The molecule has 1 aliphatic rings. The lowest BCUT2D eigenvalue weighted by Crippen LogP contribution is -2.45. The molecule has 0 aliphatic carbocycles. The number of terminal acetylenes is 1. The van der Waals surface area contributed by atoms with Gasteiger partial charge in [-0.15, -0.1) is 6.42 Å². The first kappa shape index (κ1) is 19.8. The van der Waals surface area contributed by atoms with Gasteiger partial charge in [0.05, 0.1) is 6.33 Å². The van der Waals surface area contributed by atoms with Gasteiger partial charge in [0.2, 0.25) is 5.95 Å². The number of ether oxygens (including phenoxy) is 3. The van der Waals surface area contributed by atoms with Crippen LogP contribution in [0.1, 0.15) is 20.1 Å². The molecule has 2 N–H and O–H groups in total. The SMILES string of the molecule is C#C[C@]1(F)C(OC(C)=O)[C@@H](COC(C)=O)O[C@H]1n1cnc2c(Cl)nc(N)nc21. The molecule has 3 heterocycles. The highest BCUT2D eigenvalue weighted by atomic mass is 35.5. The number of alkyl halides is 1. The standard InChI is InChI=1S/C16H15ClFN5O5/c1-4-16(18)11(27-8(3)25)9(5-26-7(2)24)28-14(16)23-6-20-10-12(17)21-15(19)22-13(10)23/h1,6,9,11,14H,5H2,2-3H3,(H2,19,21,22)/t9-,11?,14-,16+/m1/s1. The highest BCUT2D eigenvalue weighted by Crippen LogP contribution is 2.44. The van der Waals surface area contributed by atoms with Gasteiger partial charge in [-0.05, 0) is 0 Å². The van der Waals surface area contributed by atoms with E-state index in [1.165, 1.54) is 17.8 Å². The minimum absolute atomic E-state index is 0.0441. The zero-order valence-corrected chi connectivity index (χ0v) is 15.5. The Bertz CT molecular complexity index is 992. The normalized spacial score (nSPS) is 26.8. The van der Waals surface area contributed by atoms with E-state index in [2.05, 4.69) is 15.0 Å². The number of carbonyl (C=O) groups excluding carboxylic acids is 2. The van der Waals surface area contributed by atoms with Crippen LogP contribution in [0.4, 0.5) is 10.3 Å². The number of imidazole rings is 1. The van der Waals surface area contributed by atoms with Crippen molar-refractivity contribution in [3.63, 3.8) is 0 Å². The predicted molar refractivity (Wildman–Crippen MR) is 93.5 cm³/mol. The number of nitrogen functional groups attached to an aromatic ring is 1. The van der Waals surface area contributed by atoms with Crippen molar-refractivity contribution in [3.05, 3.63) is 11.5 Å². The Morgan fingerprint density at radius 3 is 2.79 bits per heavy atom. The maximum Gasteiger partial charge on any atom is 0.303 e. The molecule has 12 heteroatoms. The van der Waals surface area contributed by atoms with Crippen LogP contribution in [0.2, 0.25) is 5.15 Å². The van der Waals surface area contributed by atoms with Gasteiger partial charge in [-0.2, -0.15) is 9.97 Å². The van der Waals surface area contributed by atoms with Crippen molar-refractivity contribution in [2.45, 2.75) is 38.0 Å². The van der Waals surface area contributed by atoms with Crippen molar-refractivity contribution in [3.8, 4) is 12.3 Å². The lowest BCUT2D eigenvalue weighted by molar-refractivity contribution is -0.157. The number of carbonyl (C=O) groups is 2. The molecule has 0 radical (unpaired) electrons. The Balaban J connectivity index is 2.08. The van der Waals surface area contributed by atoms with Crippen molar-refractivity contribution in [1.82, 2.24) is 19.5 Å². The van der Waals surface area contributed by atoms with E-state index in [0.29, 0.717) is 0 Å². The lowest BCUT2D eigenvalue weighted by Gasteiger charge is -2.26. The van der Waals surface area contributed by atoms with Crippen molar-refractivity contribution in [2.24, 2.45) is 0 Å². The molecule has 2 aromatic heterocycles. The quantitative estimate of drug-likeness (QED) is 0.440. The first-order chi connectivity index (χ1) is 13.2. The van der Waals surface area contributed by atoms with Crippen LogP contribution in [-0.4, -0.2) is 55.9 Å². The highest BCUT2D eigenvalue weighted by molar-refractivity contribution is 6.33. The van der Waals surface area contributed by atoms with E-state index in [0.717, 1.165) is 6.92 Å². The van der Waals surface area contributed by atoms with Crippen LogP contribution in [-0.2, 0) is 23.8 Å². The Hall–Kier alpha value is -2.97. The third kappa shape index (κ3) is 3.32. The number of anilines is 1. The summed E-state index contributed by atoms with van der Waals surface area (Å²) in [5, 5.41) is -0.0441. The first-order valence-electron chi connectivity index (χ1n) is 7.95. The summed E-state index contributed by atoms with van der Waals surface area (Å²) in [5.74, 6) is 0.396. The van der Waals surface area contributed by atoms with Crippen LogP contribution in [0, 0.1) is 12.3 Å². The van der Waals surface area contributed by atoms with Crippen LogP contribution in [0.5, 0.6) is 0 Å². The second-order valence-electron chi connectivity index (χ2n) is 5.97. The van der Waals surface area contributed by atoms with Crippen LogP contribution in [0.15, 0.2) is 6.33 Å². The van der Waals surface area contributed by atoms with Gasteiger partial charge in [0.1, 0.15) is 18.2 Å². The van der Waals surface area contributed by atoms with E-state index in [1.54, 1.807) is 0 Å². The average Bonchev–Trinajstić information content (AvgIpc) is 3.13. The molecule has 0 aromatic carbocycles. The maximum absolute atomic E-state index is 15.9. The topological polar surface area (TPSA) is 131 Å². The van der Waals surface area contributed by atoms with Crippen molar-refractivity contribution in [1.29, 1.82) is 0 Å². The highest BCUT2D eigenvalue weighted by Gasteiger charge is 2.60. The average molecular weight is 412 g/mol. The van der Waals surface area contributed by atoms with Gasteiger partial charge in [0.15, 0.2) is 23.1 Å². The summed E-state index contributed by atoms with van der Waals surface area (Å²) in [7, 11) is 0. The molecule has 2 aromatic rings. The number of fused-ring (bicyclic) bond motifs is 1. The molecule has 4 atom stereocenters. The first-order valence-corrected chi connectivity index (χ1v) is 8.33. The van der Waals surface area contributed by atoms with Gasteiger partial charge in [-0.3, -0.25) is 14.2 Å². The molecular formula is C16H15ClFN5O5. The molecule has 10 nitrogen and oxygen atoms in total. The molecule has 1 unspecified atom stereocenters. The zero-order valence-electron chi connectivity index (χ0n) is 14.8. The lowest BCUT2D eigenvalue weighted by atomic mass is 9.96. The smallest absolute Gasteiger partial charge is 0.303 e. The Labute approximate surface area is 163 Å². The predicted octanol–water partition coefficient (Wildman–Crippen LogP) is 0.796. The van der Waals surface area contributed by atoms with E-state index >= 15 is 4.39 Å². The molecule has 3 rings (SSSR count). The summed E-state index contributed by atoms with van der Waals surface area (Å²) >= 11 is 5.99. The fraction of sp³-hybridized carbons (Fsp3) is 0.438. The van der Waals surface area contributed by atoms with Crippen LogP contribution in [0.25, 0.3) is 11.2 Å². The molecule has 1 aliphatic heterocycles. The van der Waals surface area contributed by atoms with Crippen molar-refractivity contribution >= 4 is 40.7 Å².